The van der Waals surface area contributed by atoms with Crippen LogP contribution in [0, 0.1) is 0 Å². The van der Waals surface area contributed by atoms with Gasteiger partial charge in [0.15, 0.2) is 5.78 Å². The average molecular weight is 443 g/mol. The van der Waals surface area contributed by atoms with Gasteiger partial charge in [-0.25, -0.2) is 5.48 Å². The Morgan fingerprint density at radius 3 is 2.74 bits per heavy atom. The predicted octanol–water partition coefficient (Wildman–Crippen LogP) is 4.35. The zero-order valence-electron chi connectivity index (χ0n) is 17.4. The molecular formula is C23H23ClN2O5. The van der Waals surface area contributed by atoms with E-state index in [4.69, 9.17) is 26.3 Å². The maximum Gasteiger partial charge on any atom is 0.262 e. The van der Waals surface area contributed by atoms with Crippen molar-refractivity contribution < 1.29 is 24.3 Å². The lowest BCUT2D eigenvalue weighted by Crippen LogP contribution is -2.28. The molecule has 31 heavy (non-hydrogen) atoms. The minimum absolute atomic E-state index is 0.142. The van der Waals surface area contributed by atoms with Crippen molar-refractivity contribution in [1.29, 1.82) is 0 Å². The van der Waals surface area contributed by atoms with Gasteiger partial charge < -0.3 is 14.8 Å². The molecular weight excluding hydrogens is 420 g/mol. The SMILES string of the molecule is COc1ccc(/C=C/C(=O)c2ccc(Cl)c3c2OC(C)(C)C=C3)cc1NCC(=O)NO. The van der Waals surface area contributed by atoms with E-state index in [1.807, 2.05) is 26.0 Å². The lowest BCUT2D eigenvalue weighted by molar-refractivity contribution is -0.127. The van der Waals surface area contributed by atoms with Gasteiger partial charge in [0, 0.05) is 5.56 Å². The van der Waals surface area contributed by atoms with Gasteiger partial charge in [0.1, 0.15) is 17.1 Å². The molecule has 1 heterocycles. The van der Waals surface area contributed by atoms with Crippen LogP contribution in [0.15, 0.2) is 42.5 Å². The highest BCUT2D eigenvalue weighted by Gasteiger charge is 2.27. The Balaban J connectivity index is 1.85. The smallest absolute Gasteiger partial charge is 0.262 e. The summed E-state index contributed by atoms with van der Waals surface area (Å²) >= 11 is 6.27. The van der Waals surface area contributed by atoms with Crippen molar-refractivity contribution in [2.24, 2.45) is 0 Å². The van der Waals surface area contributed by atoms with E-state index in [1.54, 1.807) is 41.9 Å². The first kappa shape index (κ1) is 22.4. The molecule has 3 rings (SSSR count). The van der Waals surface area contributed by atoms with Gasteiger partial charge in [-0.3, -0.25) is 14.8 Å². The Bertz CT molecular complexity index is 1080. The maximum absolute atomic E-state index is 12.9. The van der Waals surface area contributed by atoms with Gasteiger partial charge in [-0.15, -0.1) is 0 Å². The molecule has 0 aromatic heterocycles. The van der Waals surface area contributed by atoms with Gasteiger partial charge in [-0.1, -0.05) is 23.7 Å². The summed E-state index contributed by atoms with van der Waals surface area (Å²) in [6.07, 6.45) is 6.87. The van der Waals surface area contributed by atoms with E-state index >= 15 is 0 Å². The zero-order valence-corrected chi connectivity index (χ0v) is 18.1. The molecule has 3 N–H and O–H groups in total. The first-order chi connectivity index (χ1) is 14.7. The molecule has 1 amide bonds. The molecule has 162 valence electrons. The normalized spacial score (nSPS) is 14.0. The number of anilines is 1. The molecule has 0 unspecified atom stereocenters. The summed E-state index contributed by atoms with van der Waals surface area (Å²) in [6, 6.07) is 8.54. The molecule has 0 aliphatic carbocycles. The van der Waals surface area contributed by atoms with Crippen LogP contribution in [0.3, 0.4) is 0 Å². The molecule has 0 atom stereocenters. The Labute approximate surface area is 185 Å². The second-order valence-electron chi connectivity index (χ2n) is 7.42. The summed E-state index contributed by atoms with van der Waals surface area (Å²) in [7, 11) is 1.51. The Hall–Kier alpha value is -3.29. The van der Waals surface area contributed by atoms with E-state index in [9.17, 15) is 9.59 Å². The fraction of sp³-hybridized carbons (Fsp3) is 0.217. The molecule has 0 saturated carbocycles. The maximum atomic E-state index is 12.9. The zero-order chi connectivity index (χ0) is 22.6. The minimum Gasteiger partial charge on any atom is -0.495 e. The lowest BCUT2D eigenvalue weighted by Gasteiger charge is -2.29. The number of hydrogen-bond acceptors (Lipinski definition) is 6. The topological polar surface area (TPSA) is 96.9 Å². The minimum atomic E-state index is -0.595. The van der Waals surface area contributed by atoms with Crippen molar-refractivity contribution in [3.8, 4) is 11.5 Å². The summed E-state index contributed by atoms with van der Waals surface area (Å²) in [5.74, 6) is 0.150. The quantitative estimate of drug-likeness (QED) is 0.255. The Kier molecular flexibility index (Phi) is 6.68. The number of carbonyl (C=O) groups is 2. The predicted molar refractivity (Wildman–Crippen MR) is 120 cm³/mol. The van der Waals surface area contributed by atoms with E-state index in [0.717, 1.165) is 0 Å². The fourth-order valence-corrected chi connectivity index (χ4v) is 3.27. The molecule has 8 heteroatoms. The first-order valence-corrected chi connectivity index (χ1v) is 9.90. The third-order valence-corrected chi connectivity index (χ3v) is 4.97. The number of methoxy groups -OCH3 is 1. The molecule has 1 aliphatic rings. The van der Waals surface area contributed by atoms with Crippen molar-refractivity contribution in [1.82, 2.24) is 5.48 Å². The second kappa shape index (κ2) is 9.24. The highest BCUT2D eigenvalue weighted by molar-refractivity contribution is 6.32. The molecule has 7 nitrogen and oxygen atoms in total. The fourth-order valence-electron chi connectivity index (χ4n) is 3.06. The van der Waals surface area contributed by atoms with Crippen molar-refractivity contribution >= 4 is 41.1 Å². The van der Waals surface area contributed by atoms with Crippen LogP contribution in [0.2, 0.25) is 5.02 Å². The number of nitrogens with one attached hydrogen (secondary N) is 2. The van der Waals surface area contributed by atoms with E-state index in [1.165, 1.54) is 13.2 Å². The number of halogens is 1. The van der Waals surface area contributed by atoms with Gasteiger partial charge in [0.25, 0.3) is 5.91 Å². The Morgan fingerprint density at radius 1 is 1.26 bits per heavy atom. The second-order valence-corrected chi connectivity index (χ2v) is 7.83. The highest BCUT2D eigenvalue weighted by atomic mass is 35.5. The molecule has 0 bridgehead atoms. The van der Waals surface area contributed by atoms with Gasteiger partial charge in [-0.2, -0.15) is 0 Å². The van der Waals surface area contributed by atoms with Crippen molar-refractivity contribution in [3.63, 3.8) is 0 Å². The number of ketones is 1. The number of allylic oxidation sites excluding steroid dienone is 1. The summed E-state index contributed by atoms with van der Waals surface area (Å²) in [4.78, 5) is 24.2. The van der Waals surface area contributed by atoms with Crippen molar-refractivity contribution in [2.45, 2.75) is 19.4 Å². The number of hydroxylamine groups is 1. The van der Waals surface area contributed by atoms with Crippen LogP contribution in [0.5, 0.6) is 11.5 Å². The van der Waals surface area contributed by atoms with Crippen LogP contribution < -0.4 is 20.3 Å². The summed E-state index contributed by atoms with van der Waals surface area (Å²) in [5.41, 5.74) is 3.36. The molecule has 1 aliphatic heterocycles. The van der Waals surface area contributed by atoms with Gasteiger partial charge >= 0.3 is 0 Å². The number of rotatable bonds is 7. The number of carbonyl (C=O) groups excluding carboxylic acids is 2. The molecule has 2 aromatic rings. The molecule has 2 aromatic carbocycles. The van der Waals surface area contributed by atoms with Crippen LogP contribution in [-0.4, -0.2) is 36.2 Å². The summed E-state index contributed by atoms with van der Waals surface area (Å²) < 4.78 is 11.3. The molecule has 0 fully saturated rings. The average Bonchev–Trinajstić information content (AvgIpc) is 2.75. The number of amides is 1. The molecule has 0 spiro atoms. The third kappa shape index (κ3) is 5.25. The summed E-state index contributed by atoms with van der Waals surface area (Å²) in [5, 5.41) is 12.0. The monoisotopic (exact) mass is 442 g/mol. The molecule has 0 radical (unpaired) electrons. The lowest BCUT2D eigenvalue weighted by atomic mass is 9.97. The number of ether oxygens (including phenoxy) is 2. The summed E-state index contributed by atoms with van der Waals surface area (Å²) in [6.45, 7) is 3.66. The van der Waals surface area contributed by atoms with Crippen molar-refractivity contribution in [3.05, 3.63) is 64.2 Å². The van der Waals surface area contributed by atoms with Crippen LogP contribution in [0.25, 0.3) is 12.2 Å². The van der Waals surface area contributed by atoms with Gasteiger partial charge in [0.2, 0.25) is 0 Å². The highest BCUT2D eigenvalue weighted by Crippen LogP contribution is 2.38. The van der Waals surface area contributed by atoms with Gasteiger partial charge in [0.05, 0.1) is 29.9 Å². The van der Waals surface area contributed by atoms with Crippen molar-refractivity contribution in [2.75, 3.05) is 19.0 Å². The van der Waals surface area contributed by atoms with Crippen LogP contribution in [0.1, 0.15) is 35.3 Å². The number of hydrogen-bond donors (Lipinski definition) is 3. The van der Waals surface area contributed by atoms with Gasteiger partial charge in [-0.05, 0) is 61.9 Å². The first-order valence-electron chi connectivity index (χ1n) is 9.52. The van der Waals surface area contributed by atoms with Crippen LogP contribution >= 0.6 is 11.6 Å². The van der Waals surface area contributed by atoms with E-state index in [-0.39, 0.29) is 12.3 Å². The van der Waals surface area contributed by atoms with E-state index < -0.39 is 11.5 Å². The number of fused-ring (bicyclic) bond motifs is 1. The number of benzene rings is 2. The van der Waals surface area contributed by atoms with E-state index in [0.29, 0.717) is 38.9 Å². The van der Waals surface area contributed by atoms with Crippen LogP contribution in [0.4, 0.5) is 5.69 Å². The standard InChI is InChI=1S/C23H23ClN2O5/c1-23(2)11-10-15-17(24)7-6-16(22(15)31-23)19(27)8-4-14-5-9-20(30-3)18(12-14)25-13-21(28)26-29/h4-12,25,29H,13H2,1-3H3,(H,26,28)/b8-4+. The largest absolute Gasteiger partial charge is 0.495 e. The molecule has 0 saturated heterocycles. The Morgan fingerprint density at radius 2 is 2.03 bits per heavy atom. The van der Waals surface area contributed by atoms with Crippen LogP contribution in [-0.2, 0) is 4.79 Å². The van der Waals surface area contributed by atoms with E-state index in [2.05, 4.69) is 5.32 Å². The third-order valence-electron chi connectivity index (χ3n) is 4.64.